The van der Waals surface area contributed by atoms with Crippen LogP contribution in [0, 0.1) is 0 Å². The molecule has 3 aromatic rings. The van der Waals surface area contributed by atoms with Crippen molar-refractivity contribution in [2.45, 2.75) is 19.9 Å². The first-order valence-corrected chi connectivity index (χ1v) is 8.68. The van der Waals surface area contributed by atoms with E-state index in [0.29, 0.717) is 23.1 Å². The highest BCUT2D eigenvalue weighted by Crippen LogP contribution is 2.23. The molecular formula is C17H18N4O3S. The summed E-state index contributed by atoms with van der Waals surface area (Å²) in [7, 11) is 1.35. The van der Waals surface area contributed by atoms with Crippen molar-refractivity contribution in [3.8, 4) is 0 Å². The molecule has 0 fully saturated rings. The first-order chi connectivity index (χ1) is 12.1. The van der Waals surface area contributed by atoms with Crippen molar-refractivity contribution in [3.05, 3.63) is 58.0 Å². The third-order valence-corrected chi connectivity index (χ3v) is 4.65. The molecule has 2 aromatic heterocycles. The first kappa shape index (κ1) is 17.1. The normalized spacial score (nSPS) is 10.8. The van der Waals surface area contributed by atoms with Gasteiger partial charge in [-0.15, -0.1) is 5.10 Å². The first-order valence-electron chi connectivity index (χ1n) is 7.86. The molecule has 0 amide bonds. The van der Waals surface area contributed by atoms with Gasteiger partial charge in [-0.1, -0.05) is 48.6 Å². The molecule has 0 radical (unpaired) electrons. The summed E-state index contributed by atoms with van der Waals surface area (Å²) < 4.78 is 6.06. The topological polar surface area (TPSA) is 76.8 Å². The van der Waals surface area contributed by atoms with Crippen molar-refractivity contribution in [2.24, 2.45) is 0 Å². The summed E-state index contributed by atoms with van der Waals surface area (Å²) in [6.45, 7) is 2.46. The minimum absolute atomic E-state index is 0.0423. The molecule has 0 unspecified atom stereocenters. The van der Waals surface area contributed by atoms with Gasteiger partial charge in [-0.2, -0.15) is 4.52 Å². The van der Waals surface area contributed by atoms with E-state index in [-0.39, 0.29) is 18.1 Å². The van der Waals surface area contributed by atoms with Crippen LogP contribution in [0.3, 0.4) is 0 Å². The highest BCUT2D eigenvalue weighted by atomic mass is 32.1. The van der Waals surface area contributed by atoms with Crippen LogP contribution in [0.4, 0.5) is 5.13 Å². The van der Waals surface area contributed by atoms with Crippen LogP contribution in [0.2, 0.25) is 0 Å². The van der Waals surface area contributed by atoms with Gasteiger partial charge >= 0.3 is 5.97 Å². The Bertz CT molecular complexity index is 936. The fourth-order valence-electron chi connectivity index (χ4n) is 2.37. The number of esters is 1. The maximum Gasteiger partial charge on any atom is 0.325 e. The lowest BCUT2D eigenvalue weighted by Crippen LogP contribution is -2.30. The van der Waals surface area contributed by atoms with Gasteiger partial charge in [-0.25, -0.2) is 4.98 Å². The predicted molar refractivity (Wildman–Crippen MR) is 96.0 cm³/mol. The molecule has 1 aromatic carbocycles. The number of anilines is 1. The Morgan fingerprint density at radius 1 is 1.32 bits per heavy atom. The van der Waals surface area contributed by atoms with E-state index in [2.05, 4.69) is 10.1 Å². The van der Waals surface area contributed by atoms with Gasteiger partial charge in [0.05, 0.1) is 7.11 Å². The van der Waals surface area contributed by atoms with E-state index in [4.69, 9.17) is 4.74 Å². The lowest BCUT2D eigenvalue weighted by Gasteiger charge is -2.19. The highest BCUT2D eigenvalue weighted by Gasteiger charge is 2.18. The average Bonchev–Trinajstić information content (AvgIpc) is 3.06. The van der Waals surface area contributed by atoms with E-state index in [1.54, 1.807) is 4.90 Å². The van der Waals surface area contributed by atoms with Crippen molar-refractivity contribution >= 4 is 27.4 Å². The maximum absolute atomic E-state index is 12.2. The van der Waals surface area contributed by atoms with Crippen molar-refractivity contribution in [3.63, 3.8) is 0 Å². The Hall–Kier alpha value is -2.74. The summed E-state index contributed by atoms with van der Waals surface area (Å²) in [5.41, 5.74) is 1.53. The van der Waals surface area contributed by atoms with Crippen LogP contribution in [0.25, 0.3) is 4.96 Å². The fourth-order valence-corrected chi connectivity index (χ4v) is 3.29. The molecule has 3 rings (SSSR count). The second-order valence-electron chi connectivity index (χ2n) is 5.44. The molecular weight excluding hydrogens is 340 g/mol. The molecule has 8 heteroatoms. The Balaban J connectivity index is 1.99. The molecule has 0 aliphatic heterocycles. The van der Waals surface area contributed by atoms with E-state index in [9.17, 15) is 9.59 Å². The van der Waals surface area contributed by atoms with Crippen LogP contribution in [-0.2, 0) is 22.5 Å². The number of aryl methyl sites for hydroxylation is 1. The Morgan fingerprint density at radius 2 is 2.08 bits per heavy atom. The standard InChI is InChI=1S/C17H18N4O3S/c1-3-13-9-14(22)21-16(18-13)25-17(19-21)20(11-15(23)24-2)10-12-7-5-4-6-8-12/h4-9H,3,10-11H2,1-2H3. The molecule has 0 saturated carbocycles. The smallest absolute Gasteiger partial charge is 0.325 e. The van der Waals surface area contributed by atoms with Crippen molar-refractivity contribution in [1.82, 2.24) is 14.6 Å². The van der Waals surface area contributed by atoms with Crippen LogP contribution in [0.5, 0.6) is 0 Å². The quantitative estimate of drug-likeness (QED) is 0.626. The Labute approximate surface area is 148 Å². The number of carbonyl (C=O) groups excluding carboxylic acids is 1. The molecule has 2 heterocycles. The van der Waals surface area contributed by atoms with Crippen molar-refractivity contribution < 1.29 is 9.53 Å². The zero-order chi connectivity index (χ0) is 17.8. The lowest BCUT2D eigenvalue weighted by atomic mass is 10.2. The zero-order valence-corrected chi connectivity index (χ0v) is 14.8. The predicted octanol–water partition coefficient (Wildman–Crippen LogP) is 1.89. The molecule has 0 bridgehead atoms. The van der Waals surface area contributed by atoms with Crippen LogP contribution in [-0.4, -0.2) is 34.2 Å². The number of fused-ring (bicyclic) bond motifs is 1. The number of benzene rings is 1. The number of hydrogen-bond donors (Lipinski definition) is 0. The molecule has 0 saturated heterocycles. The molecule has 130 valence electrons. The molecule has 0 spiro atoms. The van der Waals surface area contributed by atoms with Gasteiger partial charge in [-0.3, -0.25) is 9.59 Å². The minimum Gasteiger partial charge on any atom is -0.468 e. The van der Waals surface area contributed by atoms with Gasteiger partial charge in [0.25, 0.3) is 5.56 Å². The van der Waals surface area contributed by atoms with E-state index < -0.39 is 0 Å². The third kappa shape index (κ3) is 3.85. The monoisotopic (exact) mass is 358 g/mol. The van der Waals surface area contributed by atoms with E-state index in [0.717, 1.165) is 11.3 Å². The second-order valence-corrected chi connectivity index (χ2v) is 6.37. The van der Waals surface area contributed by atoms with Crippen molar-refractivity contribution in [1.29, 1.82) is 0 Å². The van der Waals surface area contributed by atoms with E-state index in [1.165, 1.54) is 29.0 Å². The van der Waals surface area contributed by atoms with Crippen LogP contribution in [0.1, 0.15) is 18.2 Å². The van der Waals surface area contributed by atoms with Crippen LogP contribution in [0.15, 0.2) is 41.2 Å². The second kappa shape index (κ2) is 7.43. The number of aromatic nitrogens is 3. The molecule has 0 N–H and O–H groups in total. The van der Waals surface area contributed by atoms with Gasteiger partial charge in [-0.05, 0) is 12.0 Å². The van der Waals surface area contributed by atoms with Crippen molar-refractivity contribution in [2.75, 3.05) is 18.6 Å². The summed E-state index contributed by atoms with van der Waals surface area (Å²) in [6.07, 6.45) is 0.675. The molecule has 0 atom stereocenters. The molecule has 0 aliphatic rings. The summed E-state index contributed by atoms with van der Waals surface area (Å²) in [4.78, 5) is 30.7. The zero-order valence-electron chi connectivity index (χ0n) is 14.0. The van der Waals surface area contributed by atoms with Gasteiger partial charge in [0.15, 0.2) is 0 Å². The number of methoxy groups -OCH3 is 1. The van der Waals surface area contributed by atoms with Gasteiger partial charge in [0.1, 0.15) is 6.54 Å². The summed E-state index contributed by atoms with van der Waals surface area (Å²) in [6, 6.07) is 11.2. The third-order valence-electron chi connectivity index (χ3n) is 3.68. The number of ether oxygens (including phenoxy) is 1. The summed E-state index contributed by atoms with van der Waals surface area (Å²) in [5, 5.41) is 4.90. The number of hydrogen-bond acceptors (Lipinski definition) is 7. The summed E-state index contributed by atoms with van der Waals surface area (Å²) >= 11 is 1.28. The minimum atomic E-state index is -0.371. The fraction of sp³-hybridized carbons (Fsp3) is 0.294. The maximum atomic E-state index is 12.2. The van der Waals surface area contributed by atoms with Crippen LogP contribution < -0.4 is 10.5 Å². The van der Waals surface area contributed by atoms with E-state index >= 15 is 0 Å². The summed E-state index contributed by atoms with van der Waals surface area (Å²) in [5.74, 6) is -0.371. The molecule has 7 nitrogen and oxygen atoms in total. The number of nitrogens with zero attached hydrogens (tertiary/aromatic N) is 4. The Morgan fingerprint density at radius 3 is 2.76 bits per heavy atom. The molecule has 25 heavy (non-hydrogen) atoms. The highest BCUT2D eigenvalue weighted by molar-refractivity contribution is 7.20. The largest absolute Gasteiger partial charge is 0.468 e. The van der Waals surface area contributed by atoms with Gasteiger partial charge < -0.3 is 9.64 Å². The number of carbonyl (C=O) groups is 1. The lowest BCUT2D eigenvalue weighted by molar-refractivity contribution is -0.139. The van der Waals surface area contributed by atoms with E-state index in [1.807, 2.05) is 37.3 Å². The SMILES string of the molecule is CCc1cc(=O)n2nc(N(CC(=O)OC)Cc3ccccc3)sc2n1. The van der Waals surface area contributed by atoms with Gasteiger partial charge in [0, 0.05) is 18.3 Å². The van der Waals surface area contributed by atoms with Crippen LogP contribution >= 0.6 is 11.3 Å². The van der Waals surface area contributed by atoms with Gasteiger partial charge in [0.2, 0.25) is 10.1 Å². The Kier molecular flexibility index (Phi) is 5.08. The molecule has 0 aliphatic carbocycles. The average molecular weight is 358 g/mol. The number of rotatable bonds is 6.